The highest BCUT2D eigenvalue weighted by molar-refractivity contribution is 5.92. The molecule has 1 N–H and O–H groups in total. The second kappa shape index (κ2) is 8.64. The lowest BCUT2D eigenvalue weighted by Gasteiger charge is -2.38. The number of likely N-dealkylation sites (tertiary alicyclic amines) is 1. The van der Waals surface area contributed by atoms with Gasteiger partial charge >= 0.3 is 0 Å². The quantitative estimate of drug-likeness (QED) is 0.868. The SMILES string of the molecule is Cc1ccc(NC(=O)CN2CCN(C(C)C(=O)N3CCCC3)CC2)cc1. The molecule has 0 aliphatic carbocycles. The zero-order valence-corrected chi connectivity index (χ0v) is 15.9. The topological polar surface area (TPSA) is 55.9 Å². The van der Waals surface area contributed by atoms with Crippen LogP contribution in [0.4, 0.5) is 5.69 Å². The van der Waals surface area contributed by atoms with Crippen LogP contribution in [0.5, 0.6) is 0 Å². The Morgan fingerprint density at radius 3 is 2.23 bits per heavy atom. The number of nitrogens with zero attached hydrogens (tertiary/aromatic N) is 3. The number of anilines is 1. The average Bonchev–Trinajstić information content (AvgIpc) is 3.18. The first kappa shape index (κ1) is 18.9. The molecular formula is C20H30N4O2. The molecule has 1 aromatic carbocycles. The molecule has 2 aliphatic heterocycles. The number of benzene rings is 1. The zero-order chi connectivity index (χ0) is 18.5. The highest BCUT2D eigenvalue weighted by atomic mass is 16.2. The zero-order valence-electron chi connectivity index (χ0n) is 15.9. The molecule has 1 unspecified atom stereocenters. The summed E-state index contributed by atoms with van der Waals surface area (Å²) in [5.41, 5.74) is 2.01. The smallest absolute Gasteiger partial charge is 0.239 e. The van der Waals surface area contributed by atoms with Crippen molar-refractivity contribution in [3.63, 3.8) is 0 Å². The van der Waals surface area contributed by atoms with Crippen molar-refractivity contribution in [1.82, 2.24) is 14.7 Å². The Morgan fingerprint density at radius 1 is 1.00 bits per heavy atom. The molecule has 2 amide bonds. The molecule has 2 saturated heterocycles. The molecule has 2 fully saturated rings. The number of carbonyl (C=O) groups is 2. The molecule has 6 heteroatoms. The molecule has 2 aliphatic rings. The summed E-state index contributed by atoms with van der Waals surface area (Å²) >= 11 is 0. The third-order valence-electron chi connectivity index (χ3n) is 5.43. The van der Waals surface area contributed by atoms with E-state index in [-0.39, 0.29) is 17.9 Å². The van der Waals surface area contributed by atoms with Gasteiger partial charge in [0.25, 0.3) is 0 Å². The minimum absolute atomic E-state index is 0.0171. The first-order valence-corrected chi connectivity index (χ1v) is 9.64. The van der Waals surface area contributed by atoms with Gasteiger partial charge in [0.15, 0.2) is 0 Å². The van der Waals surface area contributed by atoms with Crippen LogP contribution in [0.2, 0.25) is 0 Å². The Balaban J connectivity index is 1.42. The standard InChI is InChI=1S/C20H30N4O2/c1-16-5-7-18(8-6-16)21-19(25)15-22-11-13-23(14-12-22)17(2)20(26)24-9-3-4-10-24/h5-8,17H,3-4,9-15H2,1-2H3,(H,21,25). The molecule has 0 saturated carbocycles. The highest BCUT2D eigenvalue weighted by Gasteiger charge is 2.30. The number of hydrogen-bond donors (Lipinski definition) is 1. The predicted molar refractivity (Wildman–Crippen MR) is 103 cm³/mol. The molecular weight excluding hydrogens is 328 g/mol. The predicted octanol–water partition coefficient (Wildman–Crippen LogP) is 1.56. The normalized spacial score (nSPS) is 20.2. The monoisotopic (exact) mass is 358 g/mol. The van der Waals surface area contributed by atoms with E-state index in [0.29, 0.717) is 6.54 Å². The second-order valence-electron chi connectivity index (χ2n) is 7.43. The maximum absolute atomic E-state index is 12.5. The van der Waals surface area contributed by atoms with Crippen molar-refractivity contribution in [1.29, 1.82) is 0 Å². The Hall–Kier alpha value is -1.92. The molecule has 0 radical (unpaired) electrons. The van der Waals surface area contributed by atoms with E-state index in [4.69, 9.17) is 0 Å². The fourth-order valence-corrected chi connectivity index (χ4v) is 3.71. The number of amides is 2. The van der Waals surface area contributed by atoms with Crippen molar-refractivity contribution in [3.05, 3.63) is 29.8 Å². The largest absolute Gasteiger partial charge is 0.341 e. The van der Waals surface area contributed by atoms with Crippen molar-refractivity contribution in [2.24, 2.45) is 0 Å². The molecule has 3 rings (SSSR count). The summed E-state index contributed by atoms with van der Waals surface area (Å²) < 4.78 is 0. The maximum atomic E-state index is 12.5. The second-order valence-corrected chi connectivity index (χ2v) is 7.43. The minimum Gasteiger partial charge on any atom is -0.341 e. The number of hydrogen-bond acceptors (Lipinski definition) is 4. The lowest BCUT2D eigenvalue weighted by molar-refractivity contribution is -0.136. The van der Waals surface area contributed by atoms with E-state index in [1.54, 1.807) is 0 Å². The van der Waals surface area contributed by atoms with Gasteiger partial charge in [-0.05, 0) is 38.8 Å². The van der Waals surface area contributed by atoms with E-state index in [0.717, 1.165) is 57.8 Å². The lowest BCUT2D eigenvalue weighted by Crippen LogP contribution is -2.55. The molecule has 0 aromatic heterocycles. The van der Waals surface area contributed by atoms with E-state index >= 15 is 0 Å². The summed E-state index contributed by atoms with van der Waals surface area (Å²) in [5.74, 6) is 0.275. The van der Waals surface area contributed by atoms with Gasteiger partial charge in [-0.2, -0.15) is 0 Å². The van der Waals surface area contributed by atoms with Crippen molar-refractivity contribution >= 4 is 17.5 Å². The average molecular weight is 358 g/mol. The van der Waals surface area contributed by atoms with Crippen LogP contribution in [-0.4, -0.2) is 78.4 Å². The van der Waals surface area contributed by atoms with Gasteiger partial charge in [-0.3, -0.25) is 19.4 Å². The van der Waals surface area contributed by atoms with Crippen LogP contribution in [0.3, 0.4) is 0 Å². The molecule has 26 heavy (non-hydrogen) atoms. The number of carbonyl (C=O) groups excluding carboxylic acids is 2. The first-order valence-electron chi connectivity index (χ1n) is 9.64. The minimum atomic E-state index is -0.0587. The third kappa shape index (κ3) is 4.83. The van der Waals surface area contributed by atoms with Crippen molar-refractivity contribution < 1.29 is 9.59 Å². The third-order valence-corrected chi connectivity index (χ3v) is 5.43. The molecule has 0 bridgehead atoms. The fourth-order valence-electron chi connectivity index (χ4n) is 3.71. The van der Waals surface area contributed by atoms with E-state index < -0.39 is 0 Å². The summed E-state index contributed by atoms with van der Waals surface area (Å²) in [5, 5.41) is 2.95. The van der Waals surface area contributed by atoms with Gasteiger partial charge in [0, 0.05) is 45.0 Å². The molecule has 0 spiro atoms. The van der Waals surface area contributed by atoms with Crippen LogP contribution in [0.1, 0.15) is 25.3 Å². The summed E-state index contributed by atoms with van der Waals surface area (Å²) in [6.07, 6.45) is 2.25. The lowest BCUT2D eigenvalue weighted by atomic mass is 10.2. The van der Waals surface area contributed by atoms with Crippen molar-refractivity contribution in [3.8, 4) is 0 Å². The molecule has 2 heterocycles. The van der Waals surface area contributed by atoms with E-state index in [2.05, 4.69) is 15.1 Å². The van der Waals surface area contributed by atoms with Gasteiger partial charge in [0.2, 0.25) is 11.8 Å². The highest BCUT2D eigenvalue weighted by Crippen LogP contribution is 2.14. The molecule has 6 nitrogen and oxygen atoms in total. The summed E-state index contributed by atoms with van der Waals surface area (Å²) in [7, 11) is 0. The van der Waals surface area contributed by atoms with Crippen molar-refractivity contribution in [2.45, 2.75) is 32.7 Å². The van der Waals surface area contributed by atoms with Crippen molar-refractivity contribution in [2.75, 3.05) is 51.1 Å². The van der Waals surface area contributed by atoms with Gasteiger partial charge in [0.1, 0.15) is 0 Å². The fraction of sp³-hybridized carbons (Fsp3) is 0.600. The molecule has 142 valence electrons. The van der Waals surface area contributed by atoms with Gasteiger partial charge in [0.05, 0.1) is 12.6 Å². The number of piperazine rings is 1. The first-order chi connectivity index (χ1) is 12.5. The van der Waals surface area contributed by atoms with Crippen LogP contribution in [0.25, 0.3) is 0 Å². The van der Waals surface area contributed by atoms with Gasteiger partial charge in [-0.25, -0.2) is 0 Å². The van der Waals surface area contributed by atoms with Gasteiger partial charge < -0.3 is 10.2 Å². The summed E-state index contributed by atoms with van der Waals surface area (Å²) in [4.78, 5) is 31.2. The Kier molecular flexibility index (Phi) is 6.27. The Morgan fingerprint density at radius 2 is 1.62 bits per heavy atom. The van der Waals surface area contributed by atoms with Crippen LogP contribution in [0.15, 0.2) is 24.3 Å². The van der Waals surface area contributed by atoms with Gasteiger partial charge in [-0.15, -0.1) is 0 Å². The summed E-state index contributed by atoms with van der Waals surface area (Å²) in [6.45, 7) is 9.55. The van der Waals surface area contributed by atoms with E-state index in [1.165, 1.54) is 5.56 Å². The number of aryl methyl sites for hydroxylation is 1. The van der Waals surface area contributed by atoms with E-state index in [1.807, 2.05) is 43.0 Å². The maximum Gasteiger partial charge on any atom is 0.239 e. The molecule has 1 atom stereocenters. The number of nitrogens with one attached hydrogen (secondary N) is 1. The van der Waals surface area contributed by atoms with Crippen LogP contribution >= 0.6 is 0 Å². The number of rotatable bonds is 5. The van der Waals surface area contributed by atoms with Crippen LogP contribution in [0, 0.1) is 6.92 Å². The van der Waals surface area contributed by atoms with Crippen LogP contribution in [-0.2, 0) is 9.59 Å². The molecule has 1 aromatic rings. The summed E-state index contributed by atoms with van der Waals surface area (Å²) in [6, 6.07) is 7.78. The van der Waals surface area contributed by atoms with Crippen LogP contribution < -0.4 is 5.32 Å². The Labute approximate surface area is 156 Å². The Bertz CT molecular complexity index is 617. The van der Waals surface area contributed by atoms with Gasteiger partial charge in [-0.1, -0.05) is 17.7 Å². The van der Waals surface area contributed by atoms with E-state index in [9.17, 15) is 9.59 Å².